The lowest BCUT2D eigenvalue weighted by atomic mass is 9.79. The maximum atomic E-state index is 10.9. The average Bonchev–Trinajstić information content (AvgIpc) is 3.17. The minimum atomic E-state index is -0.322. The zero-order valence-corrected chi connectivity index (χ0v) is 25.9. The molecule has 0 aromatic heterocycles. The topological polar surface area (TPSA) is 66.0 Å². The van der Waals surface area contributed by atoms with Gasteiger partial charge in [0.15, 0.2) is 0 Å². The molecule has 2 heterocycles. The Morgan fingerprint density at radius 3 is 1.45 bits per heavy atom. The summed E-state index contributed by atoms with van der Waals surface area (Å²) in [4.78, 5) is 10.9. The van der Waals surface area contributed by atoms with Crippen LogP contribution >= 0.6 is 15.9 Å². The molecular formula is C29H42B2BrNO5. The molecule has 2 fully saturated rings. The van der Waals surface area contributed by atoms with Gasteiger partial charge in [-0.2, -0.15) is 0 Å². The Kier molecular flexibility index (Phi) is 9.63. The van der Waals surface area contributed by atoms with Crippen LogP contribution in [-0.2, 0) is 23.4 Å². The molecule has 0 aliphatic carbocycles. The minimum absolute atomic E-state index is 0.234. The molecule has 2 aliphatic rings. The molecule has 2 aromatic carbocycles. The Morgan fingerprint density at radius 2 is 1.08 bits per heavy atom. The summed E-state index contributed by atoms with van der Waals surface area (Å²) in [6, 6.07) is 16.1. The number of hydrogen-bond acceptors (Lipinski definition) is 6. The molecule has 4 rings (SSSR count). The van der Waals surface area contributed by atoms with E-state index in [1.807, 2.05) is 48.5 Å². The van der Waals surface area contributed by atoms with Gasteiger partial charge in [0.05, 0.1) is 22.4 Å². The monoisotopic (exact) mass is 585 g/mol. The fourth-order valence-electron chi connectivity index (χ4n) is 3.91. The van der Waals surface area contributed by atoms with Crippen LogP contribution in [0.1, 0.15) is 75.2 Å². The molecule has 0 amide bonds. The van der Waals surface area contributed by atoms with Gasteiger partial charge in [-0.05, 0) is 104 Å². The van der Waals surface area contributed by atoms with E-state index in [4.69, 9.17) is 18.6 Å². The molecule has 0 radical (unpaired) electrons. The normalized spacial score (nSPS) is 20.6. The van der Waals surface area contributed by atoms with E-state index in [9.17, 15) is 4.79 Å². The number of carbonyl (C=O) groups excluding carboxylic acids is 1. The van der Waals surface area contributed by atoms with E-state index < -0.39 is 0 Å². The third-order valence-corrected chi connectivity index (χ3v) is 8.39. The summed E-state index contributed by atoms with van der Waals surface area (Å²) in [7, 11) is -0.588. The number of benzene rings is 2. The second-order valence-electron chi connectivity index (χ2n) is 12.1. The Bertz CT molecular complexity index is 1060. The number of nitrogens with one attached hydrogen (secondary N) is 1. The zero-order valence-electron chi connectivity index (χ0n) is 24.3. The highest BCUT2D eigenvalue weighted by Gasteiger charge is 2.52. The molecule has 0 saturated carbocycles. The fraction of sp³-hybridized carbons (Fsp3) is 0.552. The van der Waals surface area contributed by atoms with E-state index in [0.29, 0.717) is 6.42 Å². The third-order valence-electron chi connectivity index (χ3n) is 7.87. The van der Waals surface area contributed by atoms with Gasteiger partial charge in [0.2, 0.25) is 0 Å². The van der Waals surface area contributed by atoms with Crippen LogP contribution in [0.4, 0.5) is 5.69 Å². The second kappa shape index (κ2) is 11.8. The highest BCUT2D eigenvalue weighted by molar-refractivity contribution is 9.10. The van der Waals surface area contributed by atoms with E-state index in [0.717, 1.165) is 34.1 Å². The molecule has 0 spiro atoms. The van der Waals surface area contributed by atoms with Crippen molar-refractivity contribution < 1.29 is 23.4 Å². The highest BCUT2D eigenvalue weighted by atomic mass is 79.9. The van der Waals surface area contributed by atoms with E-state index in [2.05, 4.69) is 76.6 Å². The van der Waals surface area contributed by atoms with Crippen molar-refractivity contribution in [2.45, 2.75) is 97.6 Å². The molecule has 0 atom stereocenters. The van der Waals surface area contributed by atoms with Gasteiger partial charge in [-0.1, -0.05) is 40.2 Å². The second-order valence-corrected chi connectivity index (χ2v) is 13.0. The van der Waals surface area contributed by atoms with Crippen molar-refractivity contribution in [1.82, 2.24) is 0 Å². The van der Waals surface area contributed by atoms with Crippen molar-refractivity contribution in [2.75, 3.05) is 11.9 Å². The first-order valence-corrected chi connectivity index (χ1v) is 14.1. The first-order valence-electron chi connectivity index (χ1n) is 13.3. The summed E-state index contributed by atoms with van der Waals surface area (Å²) in [6.45, 7) is 18.9. The molecule has 2 saturated heterocycles. The van der Waals surface area contributed by atoms with Crippen molar-refractivity contribution in [3.05, 3.63) is 53.0 Å². The number of Topliss-reactive ketones (excluding diaryl/α,β-unsaturated/α-hetero) is 1. The summed E-state index contributed by atoms with van der Waals surface area (Å²) in [5, 5.41) is 3.32. The maximum Gasteiger partial charge on any atom is 0.494 e. The van der Waals surface area contributed by atoms with Crippen LogP contribution in [0.2, 0.25) is 0 Å². The van der Waals surface area contributed by atoms with Crippen LogP contribution in [0.15, 0.2) is 53.0 Å². The largest absolute Gasteiger partial charge is 0.494 e. The SMILES string of the molecule is CC(=O)CCCNc1ccc(B2OC(C)(C)C(C)(C)O2)cc1.CC1(C)OB(c2ccc(Br)cc2)OC1(C)C. The van der Waals surface area contributed by atoms with E-state index in [1.54, 1.807) is 6.92 Å². The minimum Gasteiger partial charge on any atom is -0.399 e. The van der Waals surface area contributed by atoms with Crippen LogP contribution in [0.5, 0.6) is 0 Å². The maximum absolute atomic E-state index is 10.9. The quantitative estimate of drug-likeness (QED) is 0.341. The summed E-state index contributed by atoms with van der Waals surface area (Å²) >= 11 is 3.42. The van der Waals surface area contributed by atoms with E-state index in [-0.39, 0.29) is 42.4 Å². The molecule has 9 heteroatoms. The average molecular weight is 586 g/mol. The standard InChI is InChI=1S/C17H26BNO3.C12H16BBrO2/c1-13(20)7-6-12-19-15-10-8-14(9-11-15)18-21-16(2,3)17(4,5)22-18;1-11(2)12(3,4)16-13(15-11)9-5-7-10(14)8-6-9/h8-11,19H,6-7,12H2,1-5H3;5-8H,1-4H3. The highest BCUT2D eigenvalue weighted by Crippen LogP contribution is 2.37. The van der Waals surface area contributed by atoms with Gasteiger partial charge in [-0.25, -0.2) is 0 Å². The number of anilines is 1. The van der Waals surface area contributed by atoms with Gasteiger partial charge in [0, 0.05) is 23.1 Å². The zero-order chi connectivity index (χ0) is 28.4. The van der Waals surface area contributed by atoms with Crippen molar-refractivity contribution in [3.8, 4) is 0 Å². The van der Waals surface area contributed by atoms with E-state index in [1.165, 1.54) is 0 Å². The predicted molar refractivity (Wildman–Crippen MR) is 160 cm³/mol. The fourth-order valence-corrected chi connectivity index (χ4v) is 4.17. The predicted octanol–water partition coefficient (Wildman–Crippen LogP) is 5.52. The molecule has 206 valence electrons. The van der Waals surface area contributed by atoms with Gasteiger partial charge < -0.3 is 28.7 Å². The van der Waals surface area contributed by atoms with Crippen molar-refractivity contribution in [3.63, 3.8) is 0 Å². The lowest BCUT2D eigenvalue weighted by molar-refractivity contribution is -0.117. The first kappa shape index (κ1) is 30.9. The van der Waals surface area contributed by atoms with Gasteiger partial charge in [-0.3, -0.25) is 0 Å². The first-order chi connectivity index (χ1) is 17.5. The molecule has 38 heavy (non-hydrogen) atoms. The Hall–Kier alpha value is -1.64. The Morgan fingerprint density at radius 1 is 0.711 bits per heavy atom. The van der Waals surface area contributed by atoms with Gasteiger partial charge in [-0.15, -0.1) is 0 Å². The molecule has 2 aliphatic heterocycles. The van der Waals surface area contributed by atoms with Crippen LogP contribution in [0.25, 0.3) is 0 Å². The van der Waals surface area contributed by atoms with Crippen LogP contribution in [-0.4, -0.2) is 49.0 Å². The van der Waals surface area contributed by atoms with Gasteiger partial charge >= 0.3 is 14.2 Å². The van der Waals surface area contributed by atoms with Crippen molar-refractivity contribution >= 4 is 52.6 Å². The molecular weight excluding hydrogens is 544 g/mol. The summed E-state index contributed by atoms with van der Waals surface area (Å²) in [5.74, 6) is 0.234. The number of carbonyl (C=O) groups is 1. The molecule has 0 unspecified atom stereocenters. The summed E-state index contributed by atoms with van der Waals surface area (Å²) in [5.41, 5.74) is 1.94. The summed E-state index contributed by atoms with van der Waals surface area (Å²) in [6.07, 6.45) is 1.48. The van der Waals surface area contributed by atoms with E-state index >= 15 is 0 Å². The number of halogens is 1. The molecule has 0 bridgehead atoms. The Balaban J connectivity index is 0.000000221. The number of rotatable bonds is 7. The van der Waals surface area contributed by atoms with Crippen molar-refractivity contribution in [1.29, 1.82) is 0 Å². The Labute approximate surface area is 238 Å². The van der Waals surface area contributed by atoms with Gasteiger partial charge in [0.25, 0.3) is 0 Å². The summed E-state index contributed by atoms with van der Waals surface area (Å²) < 4.78 is 25.0. The molecule has 6 nitrogen and oxygen atoms in total. The molecule has 2 aromatic rings. The number of hydrogen-bond donors (Lipinski definition) is 1. The van der Waals surface area contributed by atoms with Crippen LogP contribution in [0.3, 0.4) is 0 Å². The van der Waals surface area contributed by atoms with Crippen LogP contribution < -0.4 is 16.2 Å². The lowest BCUT2D eigenvalue weighted by Crippen LogP contribution is -2.41. The third kappa shape index (κ3) is 7.51. The van der Waals surface area contributed by atoms with Crippen molar-refractivity contribution in [2.24, 2.45) is 0 Å². The van der Waals surface area contributed by atoms with Crippen LogP contribution in [0, 0.1) is 0 Å². The number of ketones is 1. The smallest absolute Gasteiger partial charge is 0.399 e. The van der Waals surface area contributed by atoms with Gasteiger partial charge in [0.1, 0.15) is 5.78 Å². The lowest BCUT2D eigenvalue weighted by Gasteiger charge is -2.32. The molecule has 1 N–H and O–H groups in total.